The van der Waals surface area contributed by atoms with E-state index in [1.165, 1.54) is 0 Å². The van der Waals surface area contributed by atoms with Crippen LogP contribution in [0.4, 0.5) is 0 Å². The molecular formula is C12H13NO3. The molecule has 1 aromatic rings. The average Bonchev–Trinajstić information content (AvgIpc) is 2.22. The Balaban J connectivity index is 1.74. The van der Waals surface area contributed by atoms with Gasteiger partial charge in [0.15, 0.2) is 0 Å². The standard InChI is InChI=1S/C12H13NO3/c14-12(15)10-6-11(7-10)13-16-8-9-4-2-1-3-5-9/h1-5,10H,6-8H2,(H,14,15). The lowest BCUT2D eigenvalue weighted by Gasteiger charge is -2.22. The Labute approximate surface area is 93.5 Å². The van der Waals surface area contributed by atoms with Gasteiger partial charge in [-0.15, -0.1) is 0 Å². The van der Waals surface area contributed by atoms with Crippen molar-refractivity contribution in [2.45, 2.75) is 19.4 Å². The van der Waals surface area contributed by atoms with E-state index in [9.17, 15) is 4.79 Å². The van der Waals surface area contributed by atoms with Crippen molar-refractivity contribution in [2.75, 3.05) is 0 Å². The highest BCUT2D eigenvalue weighted by molar-refractivity contribution is 5.97. The predicted molar refractivity (Wildman–Crippen MR) is 59.0 cm³/mol. The maximum atomic E-state index is 10.5. The summed E-state index contributed by atoms with van der Waals surface area (Å²) in [5, 5.41) is 12.6. The van der Waals surface area contributed by atoms with Crippen LogP contribution in [0, 0.1) is 5.92 Å². The lowest BCUT2D eigenvalue weighted by Crippen LogP contribution is -2.30. The first-order valence-electron chi connectivity index (χ1n) is 5.20. The van der Waals surface area contributed by atoms with E-state index in [0.29, 0.717) is 19.4 Å². The molecule has 1 aliphatic carbocycles. The van der Waals surface area contributed by atoms with E-state index in [1.807, 2.05) is 30.3 Å². The summed E-state index contributed by atoms with van der Waals surface area (Å²) >= 11 is 0. The second kappa shape index (κ2) is 4.79. The Hall–Kier alpha value is -1.84. The number of rotatable bonds is 4. The van der Waals surface area contributed by atoms with Gasteiger partial charge in [0, 0.05) is 12.8 Å². The van der Waals surface area contributed by atoms with Crippen LogP contribution in [0.5, 0.6) is 0 Å². The minimum Gasteiger partial charge on any atom is -0.481 e. The molecule has 0 saturated heterocycles. The van der Waals surface area contributed by atoms with Crippen molar-refractivity contribution in [1.82, 2.24) is 0 Å². The van der Waals surface area contributed by atoms with Crippen molar-refractivity contribution in [3.63, 3.8) is 0 Å². The molecule has 0 radical (unpaired) electrons. The zero-order chi connectivity index (χ0) is 11.4. The minimum absolute atomic E-state index is 0.265. The summed E-state index contributed by atoms with van der Waals surface area (Å²) in [7, 11) is 0. The number of nitrogens with zero attached hydrogens (tertiary/aromatic N) is 1. The van der Waals surface area contributed by atoms with Crippen LogP contribution in [0.1, 0.15) is 18.4 Å². The van der Waals surface area contributed by atoms with Crippen LogP contribution in [0.2, 0.25) is 0 Å². The molecule has 0 aromatic heterocycles. The highest BCUT2D eigenvalue weighted by atomic mass is 16.6. The lowest BCUT2D eigenvalue weighted by molar-refractivity contribution is -0.142. The van der Waals surface area contributed by atoms with Gasteiger partial charge in [-0.1, -0.05) is 35.5 Å². The van der Waals surface area contributed by atoms with Crippen LogP contribution >= 0.6 is 0 Å². The third kappa shape index (κ3) is 2.59. The van der Waals surface area contributed by atoms with Crippen LogP contribution in [0.3, 0.4) is 0 Å². The second-order valence-electron chi connectivity index (χ2n) is 3.86. The molecule has 0 heterocycles. The van der Waals surface area contributed by atoms with E-state index in [-0.39, 0.29) is 5.92 Å². The fraction of sp³-hybridized carbons (Fsp3) is 0.333. The van der Waals surface area contributed by atoms with Gasteiger partial charge in [-0.3, -0.25) is 4.79 Å². The molecule has 1 N–H and O–H groups in total. The van der Waals surface area contributed by atoms with Gasteiger partial charge in [-0.2, -0.15) is 0 Å². The van der Waals surface area contributed by atoms with Gasteiger partial charge in [-0.25, -0.2) is 0 Å². The molecule has 1 saturated carbocycles. The van der Waals surface area contributed by atoms with E-state index in [4.69, 9.17) is 9.94 Å². The van der Waals surface area contributed by atoms with Crippen LogP contribution in [-0.4, -0.2) is 16.8 Å². The van der Waals surface area contributed by atoms with Gasteiger partial charge >= 0.3 is 5.97 Å². The number of aliphatic carboxylic acids is 1. The normalized spacial score (nSPS) is 18.8. The molecule has 0 bridgehead atoms. The summed E-state index contributed by atoms with van der Waals surface area (Å²) in [5.74, 6) is -1.01. The van der Waals surface area contributed by atoms with Gasteiger partial charge in [0.1, 0.15) is 6.61 Å². The first kappa shape index (κ1) is 10.7. The number of hydrogen-bond acceptors (Lipinski definition) is 3. The third-order valence-corrected chi connectivity index (χ3v) is 2.58. The summed E-state index contributed by atoms with van der Waals surface area (Å²) in [4.78, 5) is 15.7. The molecule has 0 unspecified atom stereocenters. The molecule has 84 valence electrons. The number of benzene rings is 1. The second-order valence-corrected chi connectivity index (χ2v) is 3.86. The quantitative estimate of drug-likeness (QED) is 0.788. The van der Waals surface area contributed by atoms with Crippen molar-refractivity contribution in [2.24, 2.45) is 11.1 Å². The largest absolute Gasteiger partial charge is 0.481 e. The number of oxime groups is 1. The smallest absolute Gasteiger partial charge is 0.307 e. The molecule has 1 aliphatic rings. The lowest BCUT2D eigenvalue weighted by atomic mass is 9.83. The number of carbonyl (C=O) groups is 1. The molecule has 1 aromatic carbocycles. The number of carboxylic acid groups (broad SMARTS) is 1. The summed E-state index contributed by atoms with van der Waals surface area (Å²) in [6.07, 6.45) is 1.04. The topological polar surface area (TPSA) is 58.9 Å². The SMILES string of the molecule is O=C(O)C1CC(=NOCc2ccccc2)C1. The van der Waals surface area contributed by atoms with E-state index in [1.54, 1.807) is 0 Å². The summed E-state index contributed by atoms with van der Waals surface area (Å²) < 4.78 is 0. The highest BCUT2D eigenvalue weighted by Crippen LogP contribution is 2.24. The zero-order valence-electron chi connectivity index (χ0n) is 8.80. The Kier molecular flexibility index (Phi) is 3.19. The molecular weight excluding hydrogens is 206 g/mol. The predicted octanol–water partition coefficient (Wildman–Crippen LogP) is 2.05. The van der Waals surface area contributed by atoms with Gasteiger partial charge in [-0.05, 0) is 5.56 Å². The summed E-state index contributed by atoms with van der Waals surface area (Å²) in [6, 6.07) is 9.74. The van der Waals surface area contributed by atoms with Gasteiger partial charge in [0.25, 0.3) is 0 Å². The Bertz CT molecular complexity index is 392. The third-order valence-electron chi connectivity index (χ3n) is 2.58. The van der Waals surface area contributed by atoms with Gasteiger partial charge < -0.3 is 9.94 Å². The van der Waals surface area contributed by atoms with Crippen molar-refractivity contribution < 1.29 is 14.7 Å². The fourth-order valence-electron chi connectivity index (χ4n) is 1.53. The Morgan fingerprint density at radius 1 is 1.38 bits per heavy atom. The first-order chi connectivity index (χ1) is 7.75. The molecule has 4 heteroatoms. The molecule has 0 aliphatic heterocycles. The molecule has 4 nitrogen and oxygen atoms in total. The Morgan fingerprint density at radius 2 is 2.06 bits per heavy atom. The first-order valence-corrected chi connectivity index (χ1v) is 5.20. The van der Waals surface area contributed by atoms with Crippen molar-refractivity contribution in [3.8, 4) is 0 Å². The highest BCUT2D eigenvalue weighted by Gasteiger charge is 2.31. The zero-order valence-corrected chi connectivity index (χ0v) is 8.80. The fourth-order valence-corrected chi connectivity index (χ4v) is 1.53. The number of carboxylic acids is 1. The van der Waals surface area contributed by atoms with Crippen molar-refractivity contribution in [3.05, 3.63) is 35.9 Å². The van der Waals surface area contributed by atoms with E-state index in [0.717, 1.165) is 11.3 Å². The summed E-state index contributed by atoms with van der Waals surface area (Å²) in [6.45, 7) is 0.433. The van der Waals surface area contributed by atoms with Crippen LogP contribution in [-0.2, 0) is 16.2 Å². The van der Waals surface area contributed by atoms with Crippen molar-refractivity contribution in [1.29, 1.82) is 0 Å². The van der Waals surface area contributed by atoms with Gasteiger partial charge in [0.05, 0.1) is 11.6 Å². The maximum Gasteiger partial charge on any atom is 0.307 e. The maximum absolute atomic E-state index is 10.5. The van der Waals surface area contributed by atoms with E-state index in [2.05, 4.69) is 5.16 Å². The molecule has 16 heavy (non-hydrogen) atoms. The molecule has 0 atom stereocenters. The molecule has 0 amide bonds. The molecule has 1 fully saturated rings. The van der Waals surface area contributed by atoms with Crippen molar-refractivity contribution >= 4 is 11.7 Å². The Morgan fingerprint density at radius 3 is 2.69 bits per heavy atom. The number of hydrogen-bond donors (Lipinski definition) is 1. The van der Waals surface area contributed by atoms with Crippen LogP contribution < -0.4 is 0 Å². The summed E-state index contributed by atoms with van der Waals surface area (Å²) in [5.41, 5.74) is 1.89. The van der Waals surface area contributed by atoms with Crippen LogP contribution in [0.25, 0.3) is 0 Å². The molecule has 0 spiro atoms. The monoisotopic (exact) mass is 219 g/mol. The van der Waals surface area contributed by atoms with Crippen LogP contribution in [0.15, 0.2) is 35.5 Å². The minimum atomic E-state index is -0.748. The van der Waals surface area contributed by atoms with Gasteiger partial charge in [0.2, 0.25) is 0 Å². The average molecular weight is 219 g/mol. The molecule has 2 rings (SSSR count). The van der Waals surface area contributed by atoms with E-state index >= 15 is 0 Å². The van der Waals surface area contributed by atoms with E-state index < -0.39 is 5.97 Å².